The minimum absolute atomic E-state index is 0.0810. The highest BCUT2D eigenvalue weighted by atomic mass is 16.2. The number of hydrogen-bond acceptors (Lipinski definition) is 1. The summed E-state index contributed by atoms with van der Waals surface area (Å²) in [6.45, 7) is 7.44. The van der Waals surface area contributed by atoms with Crippen LogP contribution in [0.15, 0.2) is 54.6 Å². The number of anilines is 1. The number of carbonyl (C=O) groups is 1. The lowest BCUT2D eigenvalue weighted by Crippen LogP contribution is -2.35. The zero-order chi connectivity index (χ0) is 17.3. The van der Waals surface area contributed by atoms with Gasteiger partial charge in [0.15, 0.2) is 0 Å². The highest BCUT2D eigenvalue weighted by Gasteiger charge is 2.36. The Bertz CT molecular complexity index is 701. The van der Waals surface area contributed by atoms with E-state index in [2.05, 4.69) is 45.0 Å². The van der Waals surface area contributed by atoms with Crippen LogP contribution in [0.3, 0.4) is 0 Å². The molecule has 0 unspecified atom stereocenters. The van der Waals surface area contributed by atoms with Crippen molar-refractivity contribution in [1.82, 2.24) is 4.90 Å². The first-order chi connectivity index (χ1) is 11.4. The third-order valence-electron chi connectivity index (χ3n) is 4.71. The van der Waals surface area contributed by atoms with Crippen molar-refractivity contribution in [3.05, 3.63) is 65.7 Å². The first-order valence-corrected chi connectivity index (χ1v) is 8.55. The van der Waals surface area contributed by atoms with Gasteiger partial charge >= 0.3 is 6.03 Å². The highest BCUT2D eigenvalue weighted by Crippen LogP contribution is 2.27. The molecule has 1 aliphatic heterocycles. The Labute approximate surface area is 144 Å². The maximum Gasteiger partial charge on any atom is 0.324 e. The number of benzene rings is 2. The molecule has 3 heteroatoms. The van der Waals surface area contributed by atoms with Crippen molar-refractivity contribution in [2.75, 3.05) is 18.5 Å². The third kappa shape index (κ3) is 3.30. The van der Waals surface area contributed by atoms with E-state index in [4.69, 9.17) is 0 Å². The van der Waals surface area contributed by atoms with E-state index in [-0.39, 0.29) is 17.5 Å². The van der Waals surface area contributed by atoms with Crippen molar-refractivity contribution in [2.24, 2.45) is 0 Å². The number of carbonyl (C=O) groups excluding carboxylic acids is 1. The topological polar surface area (TPSA) is 23.6 Å². The highest BCUT2D eigenvalue weighted by molar-refractivity contribution is 5.94. The fourth-order valence-corrected chi connectivity index (χ4v) is 3.29. The molecule has 126 valence electrons. The Kier molecular flexibility index (Phi) is 4.35. The Morgan fingerprint density at radius 2 is 1.62 bits per heavy atom. The number of nitrogens with zero attached hydrogens (tertiary/aromatic N) is 2. The minimum atomic E-state index is 0.0810. The summed E-state index contributed by atoms with van der Waals surface area (Å²) >= 11 is 0. The standard InChI is InChI=1S/C21H26N2O/c1-21(2,3)17-12-10-16(11-13-17)14-19-15-22(4)20(24)23(19)18-8-6-5-7-9-18/h5-13,19H,14-15H2,1-4H3/t19-/m0/s1. The van der Waals surface area contributed by atoms with Gasteiger partial charge in [0.1, 0.15) is 0 Å². The molecule has 1 saturated heterocycles. The van der Waals surface area contributed by atoms with E-state index in [1.54, 1.807) is 4.90 Å². The number of hydrogen-bond donors (Lipinski definition) is 0. The van der Waals surface area contributed by atoms with Gasteiger partial charge in [-0.2, -0.15) is 0 Å². The molecule has 3 nitrogen and oxygen atoms in total. The van der Waals surface area contributed by atoms with Gasteiger partial charge in [-0.05, 0) is 35.1 Å². The van der Waals surface area contributed by atoms with Gasteiger partial charge in [-0.1, -0.05) is 63.2 Å². The van der Waals surface area contributed by atoms with Crippen LogP contribution in [0, 0.1) is 0 Å². The molecule has 3 rings (SSSR count). The second-order valence-electron chi connectivity index (χ2n) is 7.67. The smallest absolute Gasteiger partial charge is 0.324 e. The molecule has 1 atom stereocenters. The molecule has 2 amide bonds. The van der Waals surface area contributed by atoms with E-state index in [1.807, 2.05) is 42.3 Å². The Balaban J connectivity index is 1.81. The second-order valence-corrected chi connectivity index (χ2v) is 7.67. The summed E-state index contributed by atoms with van der Waals surface area (Å²) in [6, 6.07) is 19.0. The predicted molar refractivity (Wildman–Crippen MR) is 99.6 cm³/mol. The molecule has 24 heavy (non-hydrogen) atoms. The van der Waals surface area contributed by atoms with Crippen molar-refractivity contribution >= 4 is 11.7 Å². The molecule has 0 aromatic heterocycles. The van der Waals surface area contributed by atoms with Crippen LogP contribution in [0.2, 0.25) is 0 Å². The van der Waals surface area contributed by atoms with E-state index in [9.17, 15) is 4.79 Å². The molecule has 1 heterocycles. The quantitative estimate of drug-likeness (QED) is 0.818. The molecule has 0 aliphatic carbocycles. The fraction of sp³-hybridized carbons (Fsp3) is 0.381. The van der Waals surface area contributed by atoms with Gasteiger partial charge in [0.2, 0.25) is 0 Å². The van der Waals surface area contributed by atoms with Crippen LogP contribution >= 0.6 is 0 Å². The maximum absolute atomic E-state index is 12.5. The second kappa shape index (κ2) is 6.31. The van der Waals surface area contributed by atoms with Crippen molar-refractivity contribution in [1.29, 1.82) is 0 Å². The third-order valence-corrected chi connectivity index (χ3v) is 4.71. The van der Waals surface area contributed by atoms with Gasteiger partial charge in [-0.25, -0.2) is 4.79 Å². The summed E-state index contributed by atoms with van der Waals surface area (Å²) < 4.78 is 0. The first-order valence-electron chi connectivity index (χ1n) is 8.55. The van der Waals surface area contributed by atoms with Crippen LogP contribution < -0.4 is 4.90 Å². The Hall–Kier alpha value is -2.29. The first kappa shape index (κ1) is 16.6. The molecule has 2 aromatic carbocycles. The van der Waals surface area contributed by atoms with Crippen molar-refractivity contribution < 1.29 is 4.79 Å². The summed E-state index contributed by atoms with van der Waals surface area (Å²) in [5.41, 5.74) is 3.75. The van der Waals surface area contributed by atoms with Crippen molar-refractivity contribution in [3.63, 3.8) is 0 Å². The number of urea groups is 1. The van der Waals surface area contributed by atoms with E-state index >= 15 is 0 Å². The van der Waals surface area contributed by atoms with Crippen LogP contribution in [0.4, 0.5) is 10.5 Å². The number of amides is 2. The van der Waals surface area contributed by atoms with E-state index in [0.717, 1.165) is 18.7 Å². The molecule has 2 aromatic rings. The Morgan fingerprint density at radius 1 is 1.00 bits per heavy atom. The molecule has 0 N–H and O–H groups in total. The molecular formula is C21H26N2O. The summed E-state index contributed by atoms with van der Waals surface area (Å²) in [5, 5.41) is 0. The molecule has 0 saturated carbocycles. The van der Waals surface area contributed by atoms with Crippen molar-refractivity contribution in [3.8, 4) is 0 Å². The zero-order valence-corrected chi connectivity index (χ0v) is 15.0. The van der Waals surface area contributed by atoms with E-state index in [1.165, 1.54) is 11.1 Å². The van der Waals surface area contributed by atoms with Gasteiger partial charge in [-0.3, -0.25) is 4.90 Å². The van der Waals surface area contributed by atoms with Crippen LogP contribution in [-0.2, 0) is 11.8 Å². The minimum Gasteiger partial charge on any atom is -0.325 e. The number of likely N-dealkylation sites (N-methyl/N-ethyl adjacent to an activating group) is 1. The van der Waals surface area contributed by atoms with E-state index in [0.29, 0.717) is 0 Å². The largest absolute Gasteiger partial charge is 0.325 e. The molecule has 0 radical (unpaired) electrons. The number of para-hydroxylation sites is 1. The van der Waals surface area contributed by atoms with Gasteiger partial charge in [-0.15, -0.1) is 0 Å². The lowest BCUT2D eigenvalue weighted by Gasteiger charge is -2.24. The van der Waals surface area contributed by atoms with E-state index < -0.39 is 0 Å². The lowest BCUT2D eigenvalue weighted by atomic mass is 9.86. The summed E-state index contributed by atoms with van der Waals surface area (Å²) in [6.07, 6.45) is 0.870. The average molecular weight is 322 g/mol. The average Bonchev–Trinajstić information content (AvgIpc) is 2.82. The van der Waals surface area contributed by atoms with Crippen LogP contribution in [0.1, 0.15) is 31.9 Å². The van der Waals surface area contributed by atoms with Gasteiger partial charge in [0, 0.05) is 19.3 Å². The predicted octanol–water partition coefficient (Wildman–Crippen LogP) is 4.47. The maximum atomic E-state index is 12.5. The summed E-state index contributed by atoms with van der Waals surface area (Å²) in [5.74, 6) is 0. The van der Waals surface area contributed by atoms with Crippen LogP contribution in [-0.4, -0.2) is 30.6 Å². The lowest BCUT2D eigenvalue weighted by molar-refractivity contribution is 0.229. The monoisotopic (exact) mass is 322 g/mol. The molecule has 1 fully saturated rings. The molecule has 0 spiro atoms. The summed E-state index contributed by atoms with van der Waals surface area (Å²) in [7, 11) is 1.88. The summed E-state index contributed by atoms with van der Waals surface area (Å²) in [4.78, 5) is 16.3. The van der Waals surface area contributed by atoms with Crippen LogP contribution in [0.25, 0.3) is 0 Å². The molecule has 0 bridgehead atoms. The molecular weight excluding hydrogens is 296 g/mol. The fourth-order valence-electron chi connectivity index (χ4n) is 3.29. The Morgan fingerprint density at radius 3 is 2.21 bits per heavy atom. The van der Waals surface area contributed by atoms with Crippen molar-refractivity contribution in [2.45, 2.75) is 38.6 Å². The molecule has 1 aliphatic rings. The SMILES string of the molecule is CN1C[C@H](Cc2ccc(C(C)(C)C)cc2)N(c2ccccc2)C1=O. The number of rotatable bonds is 3. The van der Waals surface area contributed by atoms with Crippen LogP contribution in [0.5, 0.6) is 0 Å². The van der Waals surface area contributed by atoms with Gasteiger partial charge in [0.05, 0.1) is 6.04 Å². The van der Waals surface area contributed by atoms with Gasteiger partial charge in [0.25, 0.3) is 0 Å². The normalized spacial score (nSPS) is 18.3. The zero-order valence-electron chi connectivity index (χ0n) is 15.0. The van der Waals surface area contributed by atoms with Gasteiger partial charge < -0.3 is 4.90 Å².